The molecule has 1 heterocycles. The van der Waals surface area contributed by atoms with E-state index >= 15 is 0 Å². The Balaban J connectivity index is 2.17. The van der Waals surface area contributed by atoms with Gasteiger partial charge in [0.25, 0.3) is 0 Å². The minimum absolute atomic E-state index is 0.0995. The topological polar surface area (TPSA) is 27.1 Å². The van der Waals surface area contributed by atoms with Crippen LogP contribution < -0.4 is 0 Å². The maximum absolute atomic E-state index is 6.22. The minimum Gasteiger partial charge on any atom is -0.379 e. The first-order valence-electron chi connectivity index (χ1n) is 6.76. The van der Waals surface area contributed by atoms with E-state index in [1.165, 1.54) is 0 Å². The van der Waals surface area contributed by atoms with Crippen molar-refractivity contribution in [3.05, 3.63) is 30.1 Å². The lowest BCUT2D eigenvalue weighted by atomic mass is 10.2. The lowest BCUT2D eigenvalue weighted by Gasteiger charge is -2.12. The van der Waals surface area contributed by atoms with Gasteiger partial charge in [-0.15, -0.1) is 11.6 Å². The Hall–Kier alpha value is -1.06. The Morgan fingerprint density at radius 2 is 2.00 bits per heavy atom. The second-order valence-electron chi connectivity index (χ2n) is 5.20. The fraction of sp³-hybridized carbons (Fsp3) is 0.533. The van der Waals surface area contributed by atoms with Gasteiger partial charge in [0.05, 0.1) is 23.0 Å². The highest BCUT2D eigenvalue weighted by molar-refractivity contribution is 6.20. The summed E-state index contributed by atoms with van der Waals surface area (Å²) >= 11 is 6.22. The molecule has 1 atom stereocenters. The van der Waals surface area contributed by atoms with Crippen molar-refractivity contribution in [2.24, 2.45) is 5.92 Å². The third-order valence-electron chi connectivity index (χ3n) is 2.95. The molecule has 3 nitrogen and oxygen atoms in total. The van der Waals surface area contributed by atoms with Gasteiger partial charge in [-0.3, -0.25) is 0 Å². The smallest absolute Gasteiger partial charge is 0.127 e. The van der Waals surface area contributed by atoms with E-state index < -0.39 is 0 Å². The molecule has 0 radical (unpaired) electrons. The standard InChI is InChI=1S/C15H21ClN2O/c1-11(2)10-19-9-8-18-14-7-5-4-6-13(14)17-15(18)12(3)16/h4-7,11-12H,8-10H2,1-3H3. The van der Waals surface area contributed by atoms with E-state index in [-0.39, 0.29) is 5.38 Å². The Morgan fingerprint density at radius 3 is 2.68 bits per heavy atom. The van der Waals surface area contributed by atoms with E-state index in [2.05, 4.69) is 29.5 Å². The van der Waals surface area contributed by atoms with Gasteiger partial charge in [-0.05, 0) is 25.0 Å². The molecule has 0 aliphatic rings. The van der Waals surface area contributed by atoms with Crippen LogP contribution >= 0.6 is 11.6 Å². The molecule has 2 aromatic rings. The molecule has 1 aromatic heterocycles. The van der Waals surface area contributed by atoms with Crippen LogP contribution in [0.2, 0.25) is 0 Å². The fourth-order valence-corrected chi connectivity index (χ4v) is 2.27. The molecule has 0 fully saturated rings. The number of imidazole rings is 1. The summed E-state index contributed by atoms with van der Waals surface area (Å²) in [6.45, 7) is 8.53. The predicted octanol–water partition coefficient (Wildman–Crippen LogP) is 4.01. The summed E-state index contributed by atoms with van der Waals surface area (Å²) in [5, 5.41) is -0.0995. The number of hydrogen-bond donors (Lipinski definition) is 0. The second-order valence-corrected chi connectivity index (χ2v) is 5.85. The zero-order chi connectivity index (χ0) is 13.8. The average molecular weight is 281 g/mol. The van der Waals surface area contributed by atoms with Crippen molar-refractivity contribution in [1.29, 1.82) is 0 Å². The van der Waals surface area contributed by atoms with Crippen molar-refractivity contribution >= 4 is 22.6 Å². The molecule has 0 N–H and O–H groups in total. The molecular formula is C15H21ClN2O. The molecule has 0 aliphatic carbocycles. The van der Waals surface area contributed by atoms with E-state index in [1.807, 2.05) is 25.1 Å². The average Bonchev–Trinajstić information content (AvgIpc) is 2.73. The quantitative estimate of drug-likeness (QED) is 0.590. The fourth-order valence-electron chi connectivity index (χ4n) is 2.11. The molecule has 1 aromatic carbocycles. The van der Waals surface area contributed by atoms with Gasteiger partial charge in [0.15, 0.2) is 0 Å². The maximum atomic E-state index is 6.22. The van der Waals surface area contributed by atoms with Gasteiger partial charge in [-0.1, -0.05) is 26.0 Å². The van der Waals surface area contributed by atoms with E-state index in [9.17, 15) is 0 Å². The zero-order valence-electron chi connectivity index (χ0n) is 11.8. The first kappa shape index (κ1) is 14.4. The van der Waals surface area contributed by atoms with E-state index in [0.29, 0.717) is 12.5 Å². The van der Waals surface area contributed by atoms with Gasteiger partial charge < -0.3 is 9.30 Å². The zero-order valence-corrected chi connectivity index (χ0v) is 12.5. The van der Waals surface area contributed by atoms with Crippen molar-refractivity contribution in [3.8, 4) is 0 Å². The molecule has 19 heavy (non-hydrogen) atoms. The maximum Gasteiger partial charge on any atom is 0.127 e. The molecule has 0 amide bonds. The normalized spacial score (nSPS) is 13.3. The van der Waals surface area contributed by atoms with Crippen LogP contribution in [0.3, 0.4) is 0 Å². The van der Waals surface area contributed by atoms with Crippen LogP contribution in [-0.2, 0) is 11.3 Å². The monoisotopic (exact) mass is 280 g/mol. The number of aromatic nitrogens is 2. The summed E-state index contributed by atoms with van der Waals surface area (Å²) < 4.78 is 7.82. The number of halogens is 1. The molecule has 4 heteroatoms. The van der Waals surface area contributed by atoms with E-state index in [0.717, 1.165) is 30.0 Å². The largest absolute Gasteiger partial charge is 0.379 e. The molecule has 0 bridgehead atoms. The molecule has 0 saturated carbocycles. The van der Waals surface area contributed by atoms with E-state index in [1.54, 1.807) is 0 Å². The van der Waals surface area contributed by atoms with Crippen molar-refractivity contribution in [2.45, 2.75) is 32.7 Å². The van der Waals surface area contributed by atoms with Crippen molar-refractivity contribution < 1.29 is 4.74 Å². The lowest BCUT2D eigenvalue weighted by molar-refractivity contribution is 0.103. The summed E-state index contributed by atoms with van der Waals surface area (Å²) in [7, 11) is 0. The van der Waals surface area contributed by atoms with Crippen LogP contribution in [0.1, 0.15) is 32.0 Å². The number of ether oxygens (including phenoxy) is 1. The molecule has 104 valence electrons. The van der Waals surface area contributed by atoms with Crippen molar-refractivity contribution in [1.82, 2.24) is 9.55 Å². The molecular weight excluding hydrogens is 260 g/mol. The number of alkyl halides is 1. The Morgan fingerprint density at radius 1 is 1.26 bits per heavy atom. The van der Waals surface area contributed by atoms with Crippen LogP contribution in [0, 0.1) is 5.92 Å². The van der Waals surface area contributed by atoms with Gasteiger partial charge >= 0.3 is 0 Å². The second kappa shape index (κ2) is 6.40. The summed E-state index contributed by atoms with van der Waals surface area (Å²) in [5.74, 6) is 1.47. The number of para-hydroxylation sites is 2. The van der Waals surface area contributed by atoms with Crippen molar-refractivity contribution in [3.63, 3.8) is 0 Å². The molecule has 2 rings (SSSR count). The van der Waals surface area contributed by atoms with Crippen LogP contribution in [0.4, 0.5) is 0 Å². The number of benzene rings is 1. The molecule has 0 saturated heterocycles. The van der Waals surface area contributed by atoms with Gasteiger partial charge in [0.1, 0.15) is 5.82 Å². The first-order valence-corrected chi connectivity index (χ1v) is 7.20. The number of nitrogens with zero attached hydrogens (tertiary/aromatic N) is 2. The summed E-state index contributed by atoms with van der Waals surface area (Å²) in [5.41, 5.74) is 2.12. The minimum atomic E-state index is -0.0995. The summed E-state index contributed by atoms with van der Waals surface area (Å²) in [4.78, 5) is 4.60. The molecule has 0 aliphatic heterocycles. The van der Waals surface area contributed by atoms with Gasteiger partial charge in [0.2, 0.25) is 0 Å². The highest BCUT2D eigenvalue weighted by Crippen LogP contribution is 2.24. The van der Waals surface area contributed by atoms with Gasteiger partial charge in [-0.25, -0.2) is 4.98 Å². The van der Waals surface area contributed by atoms with Gasteiger partial charge in [-0.2, -0.15) is 0 Å². The van der Waals surface area contributed by atoms with Crippen LogP contribution in [0.15, 0.2) is 24.3 Å². The highest BCUT2D eigenvalue weighted by atomic mass is 35.5. The van der Waals surface area contributed by atoms with Crippen LogP contribution in [0.25, 0.3) is 11.0 Å². The summed E-state index contributed by atoms with van der Waals surface area (Å²) in [6.07, 6.45) is 0. The lowest BCUT2D eigenvalue weighted by Crippen LogP contribution is -2.12. The Labute approximate surface area is 119 Å². The van der Waals surface area contributed by atoms with Gasteiger partial charge in [0, 0.05) is 13.2 Å². The third kappa shape index (κ3) is 3.48. The van der Waals surface area contributed by atoms with E-state index in [4.69, 9.17) is 16.3 Å². The predicted molar refractivity (Wildman–Crippen MR) is 79.7 cm³/mol. The number of rotatable bonds is 6. The van der Waals surface area contributed by atoms with Crippen LogP contribution in [0.5, 0.6) is 0 Å². The molecule has 0 spiro atoms. The number of hydrogen-bond acceptors (Lipinski definition) is 2. The Bertz CT molecular complexity index is 534. The first-order chi connectivity index (χ1) is 9.09. The summed E-state index contributed by atoms with van der Waals surface area (Å²) in [6, 6.07) is 8.12. The van der Waals surface area contributed by atoms with Crippen molar-refractivity contribution in [2.75, 3.05) is 13.2 Å². The third-order valence-corrected chi connectivity index (χ3v) is 3.15. The molecule has 1 unspecified atom stereocenters. The SMILES string of the molecule is CC(C)COCCn1c(C(C)Cl)nc2ccccc21. The Kier molecular flexibility index (Phi) is 4.83. The van der Waals surface area contributed by atoms with Crippen LogP contribution in [-0.4, -0.2) is 22.8 Å². The highest BCUT2D eigenvalue weighted by Gasteiger charge is 2.14. The number of fused-ring (bicyclic) bond motifs is 1.